The fraction of sp³-hybridized carbons (Fsp3) is 0.133. The van der Waals surface area contributed by atoms with Crippen LogP contribution >= 0.6 is 11.8 Å². The SMILES string of the molecule is COc1cccc(Sc2cc(C(=O)O)ccc2C)c1. The molecule has 0 heterocycles. The predicted octanol–water partition coefficient (Wildman–Crippen LogP) is 3.85. The lowest BCUT2D eigenvalue weighted by Crippen LogP contribution is -1.96. The van der Waals surface area contributed by atoms with Crippen molar-refractivity contribution in [2.24, 2.45) is 0 Å². The van der Waals surface area contributed by atoms with E-state index < -0.39 is 5.97 Å². The number of benzene rings is 2. The van der Waals surface area contributed by atoms with E-state index in [4.69, 9.17) is 9.84 Å². The first-order valence-electron chi connectivity index (χ1n) is 5.76. The van der Waals surface area contributed by atoms with Crippen LogP contribution in [0.1, 0.15) is 15.9 Å². The number of aryl methyl sites for hydroxylation is 1. The first kappa shape index (κ1) is 13.5. The van der Waals surface area contributed by atoms with E-state index in [2.05, 4.69) is 0 Å². The highest BCUT2D eigenvalue weighted by molar-refractivity contribution is 7.99. The summed E-state index contributed by atoms with van der Waals surface area (Å²) in [5, 5.41) is 9.02. The Labute approximate surface area is 116 Å². The number of hydrogen-bond acceptors (Lipinski definition) is 3. The molecule has 3 nitrogen and oxygen atoms in total. The number of hydrogen-bond donors (Lipinski definition) is 1. The molecule has 2 rings (SSSR count). The van der Waals surface area contributed by atoms with Crippen LogP contribution in [0.4, 0.5) is 0 Å². The number of aromatic carboxylic acids is 1. The molecule has 0 unspecified atom stereocenters. The lowest BCUT2D eigenvalue weighted by Gasteiger charge is -2.08. The van der Waals surface area contributed by atoms with E-state index in [1.807, 2.05) is 37.3 Å². The first-order chi connectivity index (χ1) is 9.10. The predicted molar refractivity (Wildman–Crippen MR) is 75.3 cm³/mol. The Balaban J connectivity index is 2.31. The molecule has 19 heavy (non-hydrogen) atoms. The zero-order valence-electron chi connectivity index (χ0n) is 10.7. The fourth-order valence-corrected chi connectivity index (χ4v) is 2.63. The summed E-state index contributed by atoms with van der Waals surface area (Å²) in [6.45, 7) is 1.97. The number of carboxylic acid groups (broad SMARTS) is 1. The third-order valence-electron chi connectivity index (χ3n) is 2.70. The maximum Gasteiger partial charge on any atom is 0.335 e. The number of carboxylic acids is 1. The quantitative estimate of drug-likeness (QED) is 0.919. The monoisotopic (exact) mass is 274 g/mol. The maximum absolute atomic E-state index is 11.0. The molecule has 0 saturated carbocycles. The van der Waals surface area contributed by atoms with Gasteiger partial charge in [-0.15, -0.1) is 0 Å². The van der Waals surface area contributed by atoms with Gasteiger partial charge in [0.05, 0.1) is 12.7 Å². The molecule has 4 heteroatoms. The molecular weight excluding hydrogens is 260 g/mol. The van der Waals surface area contributed by atoms with Gasteiger partial charge in [-0.25, -0.2) is 4.79 Å². The van der Waals surface area contributed by atoms with Crippen LogP contribution in [0, 0.1) is 6.92 Å². The molecule has 0 aliphatic rings. The molecule has 0 amide bonds. The Hall–Kier alpha value is -1.94. The number of rotatable bonds is 4. The molecule has 0 spiro atoms. The largest absolute Gasteiger partial charge is 0.497 e. The minimum Gasteiger partial charge on any atom is -0.497 e. The molecule has 98 valence electrons. The Morgan fingerprint density at radius 2 is 2.00 bits per heavy atom. The summed E-state index contributed by atoms with van der Waals surface area (Å²) in [5.74, 6) is -0.121. The Morgan fingerprint density at radius 3 is 2.68 bits per heavy atom. The number of ether oxygens (including phenoxy) is 1. The second-order valence-corrected chi connectivity index (χ2v) is 5.18. The zero-order chi connectivity index (χ0) is 13.8. The normalized spacial score (nSPS) is 10.2. The van der Waals surface area contributed by atoms with Crippen LogP contribution in [-0.2, 0) is 0 Å². The van der Waals surface area contributed by atoms with Crippen molar-refractivity contribution in [2.45, 2.75) is 16.7 Å². The van der Waals surface area contributed by atoms with Crippen molar-refractivity contribution in [2.75, 3.05) is 7.11 Å². The summed E-state index contributed by atoms with van der Waals surface area (Å²) in [4.78, 5) is 12.9. The van der Waals surface area contributed by atoms with E-state index in [9.17, 15) is 4.79 Å². The van der Waals surface area contributed by atoms with Gasteiger partial charge >= 0.3 is 5.97 Å². The lowest BCUT2D eigenvalue weighted by atomic mass is 10.1. The highest BCUT2D eigenvalue weighted by Gasteiger charge is 2.08. The van der Waals surface area contributed by atoms with Crippen molar-refractivity contribution in [1.29, 1.82) is 0 Å². The Bertz CT molecular complexity index is 608. The highest BCUT2D eigenvalue weighted by Crippen LogP contribution is 2.32. The van der Waals surface area contributed by atoms with Crippen molar-refractivity contribution in [3.8, 4) is 5.75 Å². The molecule has 2 aromatic carbocycles. The second kappa shape index (κ2) is 5.80. The zero-order valence-corrected chi connectivity index (χ0v) is 11.5. The molecule has 1 N–H and O–H groups in total. The summed E-state index contributed by atoms with van der Waals surface area (Å²) >= 11 is 1.53. The van der Waals surface area contributed by atoms with Gasteiger partial charge in [-0.05, 0) is 42.8 Å². The first-order valence-corrected chi connectivity index (χ1v) is 6.57. The standard InChI is InChI=1S/C15H14O3S/c1-10-6-7-11(15(16)17)8-14(10)19-13-5-3-4-12(9-13)18-2/h3-9H,1-2H3,(H,16,17). The number of carbonyl (C=O) groups is 1. The van der Waals surface area contributed by atoms with Gasteiger partial charge in [0, 0.05) is 9.79 Å². The van der Waals surface area contributed by atoms with Crippen molar-refractivity contribution in [3.05, 3.63) is 53.6 Å². The average molecular weight is 274 g/mol. The lowest BCUT2D eigenvalue weighted by molar-refractivity contribution is 0.0696. The molecule has 0 aliphatic carbocycles. The van der Waals surface area contributed by atoms with Crippen LogP contribution in [0.15, 0.2) is 52.3 Å². The summed E-state index contributed by atoms with van der Waals surface area (Å²) in [6, 6.07) is 12.8. The van der Waals surface area contributed by atoms with Gasteiger partial charge in [0.15, 0.2) is 0 Å². The van der Waals surface area contributed by atoms with E-state index in [0.29, 0.717) is 5.56 Å². The summed E-state index contributed by atoms with van der Waals surface area (Å²) in [7, 11) is 1.63. The van der Waals surface area contributed by atoms with Crippen LogP contribution in [0.3, 0.4) is 0 Å². The van der Waals surface area contributed by atoms with Crippen molar-refractivity contribution < 1.29 is 14.6 Å². The van der Waals surface area contributed by atoms with E-state index in [0.717, 1.165) is 21.1 Å². The topological polar surface area (TPSA) is 46.5 Å². The molecule has 0 bridgehead atoms. The van der Waals surface area contributed by atoms with Gasteiger partial charge < -0.3 is 9.84 Å². The maximum atomic E-state index is 11.0. The minimum absolute atomic E-state index is 0.302. The minimum atomic E-state index is -0.910. The highest BCUT2D eigenvalue weighted by atomic mass is 32.2. The molecule has 0 atom stereocenters. The third kappa shape index (κ3) is 3.29. The molecule has 0 saturated heterocycles. The summed E-state index contributed by atoms with van der Waals surface area (Å²) < 4.78 is 5.18. The molecule has 0 radical (unpaired) electrons. The van der Waals surface area contributed by atoms with Crippen LogP contribution in [-0.4, -0.2) is 18.2 Å². The van der Waals surface area contributed by atoms with E-state index in [-0.39, 0.29) is 0 Å². The molecule has 0 aromatic heterocycles. The van der Waals surface area contributed by atoms with E-state index in [1.165, 1.54) is 11.8 Å². The van der Waals surface area contributed by atoms with Crippen molar-refractivity contribution in [1.82, 2.24) is 0 Å². The summed E-state index contributed by atoms with van der Waals surface area (Å²) in [6.07, 6.45) is 0. The van der Waals surface area contributed by atoms with Crippen LogP contribution in [0.5, 0.6) is 5.75 Å². The average Bonchev–Trinajstić information content (AvgIpc) is 2.41. The van der Waals surface area contributed by atoms with Crippen LogP contribution < -0.4 is 4.74 Å². The van der Waals surface area contributed by atoms with Crippen molar-refractivity contribution >= 4 is 17.7 Å². The fourth-order valence-electron chi connectivity index (χ4n) is 1.63. The van der Waals surface area contributed by atoms with Gasteiger partial charge in [0.2, 0.25) is 0 Å². The number of methoxy groups -OCH3 is 1. The molecule has 2 aromatic rings. The van der Waals surface area contributed by atoms with Gasteiger partial charge in [0.25, 0.3) is 0 Å². The van der Waals surface area contributed by atoms with Crippen LogP contribution in [0.25, 0.3) is 0 Å². The summed E-state index contributed by atoms with van der Waals surface area (Å²) in [5.41, 5.74) is 1.36. The smallest absolute Gasteiger partial charge is 0.335 e. The molecule has 0 aliphatic heterocycles. The molecular formula is C15H14O3S. The van der Waals surface area contributed by atoms with Crippen molar-refractivity contribution in [3.63, 3.8) is 0 Å². The van der Waals surface area contributed by atoms with Gasteiger partial charge in [-0.2, -0.15) is 0 Å². The van der Waals surface area contributed by atoms with Gasteiger partial charge in [0.1, 0.15) is 5.75 Å². The van der Waals surface area contributed by atoms with Crippen LogP contribution in [0.2, 0.25) is 0 Å². The van der Waals surface area contributed by atoms with E-state index in [1.54, 1.807) is 19.2 Å². The third-order valence-corrected chi connectivity index (χ3v) is 3.85. The van der Waals surface area contributed by atoms with E-state index >= 15 is 0 Å². The molecule has 0 fully saturated rings. The second-order valence-electron chi connectivity index (χ2n) is 4.07. The Kier molecular flexibility index (Phi) is 4.12. The van der Waals surface area contributed by atoms with Gasteiger partial charge in [-0.3, -0.25) is 0 Å². The Morgan fingerprint density at radius 1 is 1.21 bits per heavy atom. The van der Waals surface area contributed by atoms with Gasteiger partial charge in [-0.1, -0.05) is 23.9 Å².